The van der Waals surface area contributed by atoms with Gasteiger partial charge in [-0.1, -0.05) is 18.2 Å². The number of hydrogen-bond donors (Lipinski definition) is 1. The van der Waals surface area contributed by atoms with Crippen molar-refractivity contribution in [2.45, 2.75) is 6.92 Å². The molecule has 0 aliphatic heterocycles. The van der Waals surface area contributed by atoms with Gasteiger partial charge >= 0.3 is 0 Å². The van der Waals surface area contributed by atoms with Gasteiger partial charge in [-0.3, -0.25) is 4.79 Å². The summed E-state index contributed by atoms with van der Waals surface area (Å²) in [6.07, 6.45) is 0. The average Bonchev–Trinajstić information content (AvgIpc) is 2.74. The summed E-state index contributed by atoms with van der Waals surface area (Å²) in [4.78, 5) is 14.5. The van der Waals surface area contributed by atoms with E-state index in [-0.39, 0.29) is 5.91 Å². The van der Waals surface area contributed by atoms with Crippen LogP contribution in [0.5, 0.6) is 0 Å². The maximum absolute atomic E-state index is 12.2. The van der Waals surface area contributed by atoms with Crippen molar-refractivity contribution < 1.29 is 4.79 Å². The fourth-order valence-electron chi connectivity index (χ4n) is 1.69. The normalized spacial score (nSPS) is 10.2. The number of anilines is 2. The zero-order valence-electron chi connectivity index (χ0n) is 9.81. The van der Waals surface area contributed by atoms with Gasteiger partial charge in [0, 0.05) is 12.7 Å². The lowest BCUT2D eigenvalue weighted by Crippen LogP contribution is -2.26. The van der Waals surface area contributed by atoms with Gasteiger partial charge in [-0.25, -0.2) is 0 Å². The smallest absolute Gasteiger partial charge is 0.270 e. The first-order chi connectivity index (χ1) is 8.11. The van der Waals surface area contributed by atoms with Crippen molar-refractivity contribution in [1.29, 1.82) is 0 Å². The maximum Gasteiger partial charge on any atom is 0.270 e. The lowest BCUT2D eigenvalue weighted by molar-refractivity contribution is 0.0997. The molecule has 2 rings (SSSR count). The molecule has 0 saturated heterocycles. The van der Waals surface area contributed by atoms with Crippen LogP contribution in [0.15, 0.2) is 35.7 Å². The molecule has 1 heterocycles. The molecule has 0 atom stereocenters. The third-order valence-electron chi connectivity index (χ3n) is 2.67. The minimum Gasteiger partial charge on any atom is -0.397 e. The fourth-order valence-corrected chi connectivity index (χ4v) is 2.49. The molecule has 0 unspecified atom stereocenters. The first kappa shape index (κ1) is 11.7. The van der Waals surface area contributed by atoms with Gasteiger partial charge in [0.2, 0.25) is 0 Å². The molecule has 0 aliphatic carbocycles. The summed E-state index contributed by atoms with van der Waals surface area (Å²) < 4.78 is 0. The molecule has 17 heavy (non-hydrogen) atoms. The van der Waals surface area contributed by atoms with Crippen molar-refractivity contribution in [3.63, 3.8) is 0 Å². The summed E-state index contributed by atoms with van der Waals surface area (Å²) >= 11 is 1.37. The molecule has 4 heteroatoms. The van der Waals surface area contributed by atoms with Crippen LogP contribution < -0.4 is 10.6 Å². The second-order valence-corrected chi connectivity index (χ2v) is 4.77. The van der Waals surface area contributed by atoms with Crippen LogP contribution >= 0.6 is 11.3 Å². The van der Waals surface area contributed by atoms with E-state index in [4.69, 9.17) is 5.73 Å². The summed E-state index contributed by atoms with van der Waals surface area (Å²) in [7, 11) is 1.77. The Labute approximate surface area is 104 Å². The molecule has 2 N–H and O–H groups in total. The summed E-state index contributed by atoms with van der Waals surface area (Å²) in [5.41, 5.74) is 8.28. The van der Waals surface area contributed by atoms with Crippen molar-refractivity contribution in [3.05, 3.63) is 46.2 Å². The van der Waals surface area contributed by atoms with E-state index in [9.17, 15) is 4.79 Å². The molecule has 0 aliphatic rings. The van der Waals surface area contributed by atoms with Crippen LogP contribution in [0.25, 0.3) is 0 Å². The van der Waals surface area contributed by atoms with E-state index in [2.05, 4.69) is 0 Å². The number of nitrogens with zero attached hydrogens (tertiary/aromatic N) is 1. The van der Waals surface area contributed by atoms with E-state index in [0.717, 1.165) is 11.3 Å². The molecule has 2 aromatic rings. The van der Waals surface area contributed by atoms with Gasteiger partial charge in [0.25, 0.3) is 5.91 Å². The quantitative estimate of drug-likeness (QED) is 0.885. The molecule has 0 bridgehead atoms. The summed E-state index contributed by atoms with van der Waals surface area (Å²) in [6.45, 7) is 1.98. The number of carbonyl (C=O) groups excluding carboxylic acids is 1. The Balaban J connectivity index is 2.33. The lowest BCUT2D eigenvalue weighted by atomic mass is 10.2. The largest absolute Gasteiger partial charge is 0.397 e. The first-order valence-electron chi connectivity index (χ1n) is 5.28. The Bertz CT molecular complexity index is 548. The SMILES string of the molecule is Cc1ccccc1N(C)C(=O)c1sccc1N. The monoisotopic (exact) mass is 246 g/mol. The molecule has 1 aromatic heterocycles. The third-order valence-corrected chi connectivity index (χ3v) is 3.59. The number of benzene rings is 1. The highest BCUT2D eigenvalue weighted by Gasteiger charge is 2.18. The number of nitrogens with two attached hydrogens (primary N) is 1. The van der Waals surface area contributed by atoms with Gasteiger partial charge < -0.3 is 10.6 Å². The predicted molar refractivity (Wildman–Crippen MR) is 72.6 cm³/mol. The Kier molecular flexibility index (Phi) is 3.15. The van der Waals surface area contributed by atoms with Crippen LogP contribution in [-0.4, -0.2) is 13.0 Å². The zero-order valence-corrected chi connectivity index (χ0v) is 10.6. The molecular formula is C13H14N2OS. The van der Waals surface area contributed by atoms with E-state index in [1.165, 1.54) is 11.3 Å². The van der Waals surface area contributed by atoms with Crippen molar-refractivity contribution >= 4 is 28.6 Å². The highest BCUT2D eigenvalue weighted by atomic mass is 32.1. The fraction of sp³-hybridized carbons (Fsp3) is 0.154. The average molecular weight is 246 g/mol. The van der Waals surface area contributed by atoms with Gasteiger partial charge in [-0.2, -0.15) is 0 Å². The van der Waals surface area contributed by atoms with Crippen LogP contribution in [0.3, 0.4) is 0 Å². The van der Waals surface area contributed by atoms with E-state index in [1.54, 1.807) is 18.0 Å². The van der Waals surface area contributed by atoms with Gasteiger partial charge in [-0.05, 0) is 30.0 Å². The van der Waals surface area contributed by atoms with Gasteiger partial charge in [0.15, 0.2) is 0 Å². The van der Waals surface area contributed by atoms with Crippen molar-refractivity contribution in [3.8, 4) is 0 Å². The predicted octanol–water partition coefficient (Wildman–Crippen LogP) is 2.92. The van der Waals surface area contributed by atoms with Gasteiger partial charge in [0.1, 0.15) is 4.88 Å². The molecule has 0 saturated carbocycles. The highest BCUT2D eigenvalue weighted by Crippen LogP contribution is 2.25. The second-order valence-electron chi connectivity index (χ2n) is 3.86. The number of carbonyl (C=O) groups is 1. The van der Waals surface area contributed by atoms with Crippen LogP contribution in [0, 0.1) is 6.92 Å². The number of rotatable bonds is 2. The zero-order chi connectivity index (χ0) is 12.4. The molecule has 0 spiro atoms. The summed E-state index contributed by atoms with van der Waals surface area (Å²) in [6, 6.07) is 9.54. The van der Waals surface area contributed by atoms with Crippen LogP contribution in [0.4, 0.5) is 11.4 Å². The van der Waals surface area contributed by atoms with Gasteiger partial charge in [0.05, 0.1) is 5.69 Å². The Morgan fingerprint density at radius 2 is 2.00 bits per heavy atom. The minimum absolute atomic E-state index is 0.0631. The molecule has 88 valence electrons. The minimum atomic E-state index is -0.0631. The van der Waals surface area contributed by atoms with Crippen LogP contribution in [0.1, 0.15) is 15.2 Å². The van der Waals surface area contributed by atoms with E-state index < -0.39 is 0 Å². The molecule has 0 radical (unpaired) electrons. The van der Waals surface area contributed by atoms with Crippen molar-refractivity contribution in [2.24, 2.45) is 0 Å². The second kappa shape index (κ2) is 4.59. The molecular weight excluding hydrogens is 232 g/mol. The number of amides is 1. The Hall–Kier alpha value is -1.81. The third kappa shape index (κ3) is 2.17. The maximum atomic E-state index is 12.2. The molecule has 1 aromatic carbocycles. The Morgan fingerprint density at radius 1 is 1.29 bits per heavy atom. The van der Waals surface area contributed by atoms with Gasteiger partial charge in [-0.15, -0.1) is 11.3 Å². The number of nitrogen functional groups attached to an aromatic ring is 1. The van der Waals surface area contributed by atoms with Crippen molar-refractivity contribution in [2.75, 3.05) is 17.7 Å². The standard InChI is InChI=1S/C13H14N2OS/c1-9-5-3-4-6-11(9)15(2)13(16)12-10(14)7-8-17-12/h3-8H,14H2,1-2H3. The Morgan fingerprint density at radius 3 is 2.59 bits per heavy atom. The summed E-state index contributed by atoms with van der Waals surface area (Å²) in [5.74, 6) is -0.0631. The number of hydrogen-bond acceptors (Lipinski definition) is 3. The molecule has 3 nitrogen and oxygen atoms in total. The van der Waals surface area contributed by atoms with Crippen molar-refractivity contribution in [1.82, 2.24) is 0 Å². The number of para-hydroxylation sites is 1. The van der Waals surface area contributed by atoms with E-state index >= 15 is 0 Å². The lowest BCUT2D eigenvalue weighted by Gasteiger charge is -2.19. The van der Waals surface area contributed by atoms with E-state index in [1.807, 2.05) is 36.6 Å². The first-order valence-corrected chi connectivity index (χ1v) is 6.16. The number of aryl methyl sites for hydroxylation is 1. The summed E-state index contributed by atoms with van der Waals surface area (Å²) in [5, 5.41) is 1.83. The van der Waals surface area contributed by atoms with Crippen LogP contribution in [0.2, 0.25) is 0 Å². The van der Waals surface area contributed by atoms with Crippen LogP contribution in [-0.2, 0) is 0 Å². The number of thiophene rings is 1. The molecule has 0 fully saturated rings. The molecule has 1 amide bonds. The highest BCUT2D eigenvalue weighted by molar-refractivity contribution is 7.12. The van der Waals surface area contributed by atoms with E-state index in [0.29, 0.717) is 10.6 Å². The topological polar surface area (TPSA) is 46.3 Å².